The first-order valence-electron chi connectivity index (χ1n) is 5.78. The van der Waals surface area contributed by atoms with Crippen molar-refractivity contribution in [3.05, 3.63) is 0 Å². The summed E-state index contributed by atoms with van der Waals surface area (Å²) in [6.45, 7) is 6.23. The molecule has 1 aliphatic carbocycles. The molecule has 1 aliphatic rings. The third-order valence-electron chi connectivity index (χ3n) is 3.71. The maximum absolute atomic E-state index is 11.9. The summed E-state index contributed by atoms with van der Waals surface area (Å²) >= 11 is 0. The maximum Gasteiger partial charge on any atom is 0.240 e. The average molecular weight is 208 g/mol. The summed E-state index contributed by atoms with van der Waals surface area (Å²) in [4.78, 5) is 11.9. The first-order valence-corrected chi connectivity index (χ1v) is 5.78. The van der Waals surface area contributed by atoms with Gasteiger partial charge in [-0.2, -0.15) is 5.26 Å². The first-order chi connectivity index (χ1) is 7.05. The van der Waals surface area contributed by atoms with Gasteiger partial charge < -0.3 is 5.32 Å². The van der Waals surface area contributed by atoms with Gasteiger partial charge in [-0.25, -0.2) is 0 Å². The Balaban J connectivity index is 2.52. The van der Waals surface area contributed by atoms with Gasteiger partial charge in [0, 0.05) is 6.04 Å². The fourth-order valence-corrected chi connectivity index (χ4v) is 1.76. The molecule has 0 heterocycles. The van der Waals surface area contributed by atoms with Gasteiger partial charge in [0.2, 0.25) is 5.91 Å². The van der Waals surface area contributed by atoms with Crippen molar-refractivity contribution in [1.29, 1.82) is 5.26 Å². The molecule has 15 heavy (non-hydrogen) atoms. The molecule has 0 radical (unpaired) electrons. The minimum atomic E-state index is -0.707. The van der Waals surface area contributed by atoms with E-state index < -0.39 is 5.41 Å². The number of carbonyl (C=O) groups is 1. The molecule has 1 amide bonds. The topological polar surface area (TPSA) is 52.9 Å². The summed E-state index contributed by atoms with van der Waals surface area (Å²) < 4.78 is 0. The Labute approximate surface area is 91.9 Å². The average Bonchev–Trinajstić information content (AvgIpc) is 2.15. The number of rotatable bonds is 4. The van der Waals surface area contributed by atoms with Crippen LogP contribution in [0.15, 0.2) is 0 Å². The summed E-state index contributed by atoms with van der Waals surface area (Å²) in [6.07, 6.45) is 3.49. The molecular formula is C12H20N2O. The SMILES string of the molecule is CCC(C)C(C)NC(=O)C1(C#N)CCC1. The fraction of sp³-hybridized carbons (Fsp3) is 0.833. The second-order valence-corrected chi connectivity index (χ2v) is 4.70. The molecule has 1 saturated carbocycles. The second kappa shape index (κ2) is 4.65. The standard InChI is InChI=1S/C12H20N2O/c1-4-9(2)10(3)14-11(15)12(8-13)6-5-7-12/h9-10H,4-7H2,1-3H3,(H,14,15). The lowest BCUT2D eigenvalue weighted by Gasteiger charge is -2.35. The highest BCUT2D eigenvalue weighted by molar-refractivity contribution is 5.86. The molecule has 1 rings (SSSR count). The minimum absolute atomic E-state index is 0.0657. The second-order valence-electron chi connectivity index (χ2n) is 4.70. The van der Waals surface area contributed by atoms with Crippen LogP contribution in [0.5, 0.6) is 0 Å². The predicted octanol–water partition coefficient (Wildman–Crippen LogP) is 2.23. The van der Waals surface area contributed by atoms with E-state index in [2.05, 4.69) is 25.2 Å². The van der Waals surface area contributed by atoms with Gasteiger partial charge >= 0.3 is 0 Å². The van der Waals surface area contributed by atoms with Gasteiger partial charge in [0.05, 0.1) is 6.07 Å². The molecule has 0 bridgehead atoms. The molecule has 1 fully saturated rings. The Morgan fingerprint density at radius 2 is 2.13 bits per heavy atom. The van der Waals surface area contributed by atoms with E-state index in [-0.39, 0.29) is 11.9 Å². The highest BCUT2D eigenvalue weighted by Gasteiger charge is 2.45. The van der Waals surface area contributed by atoms with Crippen LogP contribution in [0.2, 0.25) is 0 Å². The molecule has 2 unspecified atom stereocenters. The highest BCUT2D eigenvalue weighted by atomic mass is 16.2. The predicted molar refractivity (Wildman–Crippen MR) is 59.0 cm³/mol. The normalized spacial score (nSPS) is 22.0. The van der Waals surface area contributed by atoms with Crippen LogP contribution in [-0.4, -0.2) is 11.9 Å². The number of carbonyl (C=O) groups excluding carboxylic acids is 1. The molecule has 0 aromatic heterocycles. The van der Waals surface area contributed by atoms with Crippen LogP contribution in [0.25, 0.3) is 0 Å². The van der Waals surface area contributed by atoms with Crippen LogP contribution in [-0.2, 0) is 4.79 Å². The Bertz CT molecular complexity index is 276. The van der Waals surface area contributed by atoms with E-state index in [1.54, 1.807) is 0 Å². The lowest BCUT2D eigenvalue weighted by molar-refractivity contribution is -0.132. The molecule has 3 heteroatoms. The van der Waals surface area contributed by atoms with Gasteiger partial charge in [-0.15, -0.1) is 0 Å². The monoisotopic (exact) mass is 208 g/mol. The molecule has 0 aromatic rings. The van der Waals surface area contributed by atoms with Crippen molar-refractivity contribution in [3.63, 3.8) is 0 Å². The molecule has 0 aromatic carbocycles. The van der Waals surface area contributed by atoms with E-state index in [1.165, 1.54) is 0 Å². The summed E-state index contributed by atoms with van der Waals surface area (Å²) in [5.74, 6) is 0.397. The highest BCUT2D eigenvalue weighted by Crippen LogP contribution is 2.40. The molecule has 0 saturated heterocycles. The van der Waals surface area contributed by atoms with Gasteiger partial charge in [0.25, 0.3) is 0 Å². The molecule has 84 valence electrons. The Morgan fingerprint density at radius 1 is 1.53 bits per heavy atom. The first kappa shape index (κ1) is 12.0. The Hall–Kier alpha value is -1.04. The van der Waals surface area contributed by atoms with Crippen LogP contribution >= 0.6 is 0 Å². The molecule has 3 nitrogen and oxygen atoms in total. The molecule has 2 atom stereocenters. The fourth-order valence-electron chi connectivity index (χ4n) is 1.76. The quantitative estimate of drug-likeness (QED) is 0.770. The van der Waals surface area contributed by atoms with Crippen molar-refractivity contribution in [2.45, 2.75) is 52.5 Å². The van der Waals surface area contributed by atoms with Crippen molar-refractivity contribution in [2.75, 3.05) is 0 Å². The number of nitrogens with zero attached hydrogens (tertiary/aromatic N) is 1. The molecule has 0 spiro atoms. The van der Waals surface area contributed by atoms with E-state index in [1.807, 2.05) is 6.92 Å². The van der Waals surface area contributed by atoms with E-state index in [9.17, 15) is 4.79 Å². The van der Waals surface area contributed by atoms with Crippen LogP contribution in [0.4, 0.5) is 0 Å². The van der Waals surface area contributed by atoms with Gasteiger partial charge in [-0.3, -0.25) is 4.79 Å². The van der Waals surface area contributed by atoms with Crippen molar-refractivity contribution in [3.8, 4) is 6.07 Å². The van der Waals surface area contributed by atoms with Gasteiger partial charge in [-0.05, 0) is 32.1 Å². The van der Waals surface area contributed by atoms with Crippen molar-refractivity contribution < 1.29 is 4.79 Å². The maximum atomic E-state index is 11.9. The minimum Gasteiger partial charge on any atom is -0.352 e. The zero-order valence-electron chi connectivity index (χ0n) is 9.84. The van der Waals surface area contributed by atoms with Gasteiger partial charge in [0.1, 0.15) is 5.41 Å². The van der Waals surface area contributed by atoms with E-state index >= 15 is 0 Å². The van der Waals surface area contributed by atoms with Crippen LogP contribution in [0.3, 0.4) is 0 Å². The zero-order valence-corrected chi connectivity index (χ0v) is 9.84. The number of hydrogen-bond donors (Lipinski definition) is 1. The van der Waals surface area contributed by atoms with Gasteiger partial charge in [0.15, 0.2) is 0 Å². The summed E-state index contributed by atoms with van der Waals surface area (Å²) in [6, 6.07) is 2.33. The number of nitrogens with one attached hydrogen (secondary N) is 1. The van der Waals surface area contributed by atoms with Crippen molar-refractivity contribution in [2.24, 2.45) is 11.3 Å². The zero-order chi connectivity index (χ0) is 11.5. The smallest absolute Gasteiger partial charge is 0.240 e. The number of nitriles is 1. The Kier molecular flexibility index (Phi) is 3.73. The summed E-state index contributed by atoms with van der Waals surface area (Å²) in [5, 5.41) is 12.0. The molecule has 0 aliphatic heterocycles. The van der Waals surface area contributed by atoms with Crippen LogP contribution < -0.4 is 5.32 Å². The summed E-state index contributed by atoms with van der Waals surface area (Å²) in [7, 11) is 0. The number of hydrogen-bond acceptors (Lipinski definition) is 2. The van der Waals surface area contributed by atoms with Crippen molar-refractivity contribution in [1.82, 2.24) is 5.32 Å². The van der Waals surface area contributed by atoms with E-state index in [4.69, 9.17) is 5.26 Å². The molecular weight excluding hydrogens is 188 g/mol. The van der Waals surface area contributed by atoms with Crippen LogP contribution in [0, 0.1) is 22.7 Å². The summed E-state index contributed by atoms with van der Waals surface area (Å²) in [5.41, 5.74) is -0.707. The van der Waals surface area contributed by atoms with E-state index in [0.29, 0.717) is 5.92 Å². The van der Waals surface area contributed by atoms with Crippen LogP contribution in [0.1, 0.15) is 46.5 Å². The lowest BCUT2D eigenvalue weighted by atomic mass is 9.69. The van der Waals surface area contributed by atoms with Crippen molar-refractivity contribution >= 4 is 5.91 Å². The largest absolute Gasteiger partial charge is 0.352 e. The third kappa shape index (κ3) is 2.31. The Morgan fingerprint density at radius 3 is 2.47 bits per heavy atom. The van der Waals surface area contributed by atoms with E-state index in [0.717, 1.165) is 25.7 Å². The van der Waals surface area contributed by atoms with Gasteiger partial charge in [-0.1, -0.05) is 20.3 Å². The lowest BCUT2D eigenvalue weighted by Crippen LogP contribution is -2.49. The number of amides is 1. The molecule has 1 N–H and O–H groups in total. The third-order valence-corrected chi connectivity index (χ3v) is 3.71.